The van der Waals surface area contributed by atoms with E-state index in [4.69, 9.17) is 0 Å². The van der Waals surface area contributed by atoms with Crippen LogP contribution in [0.3, 0.4) is 0 Å². The number of carbonyl (C=O) groups excluding carboxylic acids is 1. The van der Waals surface area contributed by atoms with Gasteiger partial charge in [0, 0.05) is 30.9 Å². The topological polar surface area (TPSA) is 69.7 Å². The van der Waals surface area contributed by atoms with Crippen molar-refractivity contribution in [3.05, 3.63) is 59.7 Å². The van der Waals surface area contributed by atoms with E-state index in [1.165, 1.54) is 9.87 Å². The molecule has 0 aromatic heterocycles. The third-order valence-corrected chi connectivity index (χ3v) is 7.82. The Morgan fingerprint density at radius 2 is 1.77 bits per heavy atom. The van der Waals surface area contributed by atoms with E-state index in [0.717, 1.165) is 17.7 Å². The van der Waals surface area contributed by atoms with Crippen LogP contribution in [0.4, 0.5) is 5.69 Å². The predicted octanol–water partition coefficient (Wildman–Crippen LogP) is 3.35. The molecule has 6 nitrogen and oxygen atoms in total. The molecular formula is C23H31N3O3S. The maximum absolute atomic E-state index is 12.9. The van der Waals surface area contributed by atoms with Gasteiger partial charge in [-0.05, 0) is 49.6 Å². The molecule has 3 rings (SSSR count). The molecule has 0 spiro atoms. The number of sulfonamides is 1. The van der Waals surface area contributed by atoms with Crippen LogP contribution in [0.15, 0.2) is 53.4 Å². The van der Waals surface area contributed by atoms with E-state index in [-0.39, 0.29) is 24.5 Å². The van der Waals surface area contributed by atoms with Crippen LogP contribution in [0.1, 0.15) is 44.9 Å². The summed E-state index contributed by atoms with van der Waals surface area (Å²) >= 11 is 0. The second kappa shape index (κ2) is 9.29. The molecule has 0 fully saturated rings. The predicted molar refractivity (Wildman–Crippen MR) is 120 cm³/mol. The number of amides is 1. The zero-order valence-corrected chi connectivity index (χ0v) is 18.9. The van der Waals surface area contributed by atoms with E-state index in [0.29, 0.717) is 18.0 Å². The molecule has 1 amide bonds. The molecule has 2 atom stereocenters. The van der Waals surface area contributed by atoms with Crippen LogP contribution in [-0.4, -0.2) is 44.3 Å². The minimum Gasteiger partial charge on any atom is -0.308 e. The summed E-state index contributed by atoms with van der Waals surface area (Å²) in [6.45, 7) is 8.81. The Labute approximate surface area is 179 Å². The summed E-state index contributed by atoms with van der Waals surface area (Å²) < 4.78 is 26.7. The lowest BCUT2D eigenvalue weighted by Gasteiger charge is -2.24. The van der Waals surface area contributed by atoms with E-state index in [1.807, 2.05) is 56.0 Å². The van der Waals surface area contributed by atoms with Gasteiger partial charge in [0.1, 0.15) is 0 Å². The minimum absolute atomic E-state index is 0.0417. The molecule has 2 aromatic carbocycles. The summed E-state index contributed by atoms with van der Waals surface area (Å²) in [5.74, 6) is 0.0417. The van der Waals surface area contributed by atoms with Gasteiger partial charge in [-0.15, -0.1) is 0 Å². The van der Waals surface area contributed by atoms with Gasteiger partial charge in [0.05, 0.1) is 11.4 Å². The number of benzene rings is 2. The normalized spacial score (nSPS) is 17.2. The van der Waals surface area contributed by atoms with Gasteiger partial charge in [-0.25, -0.2) is 8.42 Å². The lowest BCUT2D eigenvalue weighted by atomic mass is 10.1. The number of nitrogens with one attached hydrogen (secondary N) is 1. The van der Waals surface area contributed by atoms with E-state index >= 15 is 0 Å². The highest BCUT2D eigenvalue weighted by Gasteiger charge is 2.30. The van der Waals surface area contributed by atoms with E-state index in [9.17, 15) is 13.2 Å². The molecule has 0 aliphatic carbocycles. The Hall–Kier alpha value is -2.22. The third kappa shape index (κ3) is 4.43. The van der Waals surface area contributed by atoms with Crippen LogP contribution >= 0.6 is 0 Å². The third-order valence-electron chi connectivity index (χ3n) is 5.76. The first-order valence-electron chi connectivity index (χ1n) is 10.5. The fraction of sp³-hybridized carbons (Fsp3) is 0.435. The summed E-state index contributed by atoms with van der Waals surface area (Å²) in [5, 5.41) is 3.28. The molecule has 1 aliphatic heterocycles. The summed E-state index contributed by atoms with van der Waals surface area (Å²) in [5.41, 5.74) is 3.14. The zero-order valence-electron chi connectivity index (χ0n) is 18.1. The van der Waals surface area contributed by atoms with Gasteiger partial charge in [-0.2, -0.15) is 4.31 Å². The molecule has 2 aromatic rings. The first kappa shape index (κ1) is 22.5. The fourth-order valence-electron chi connectivity index (χ4n) is 4.03. The molecule has 0 saturated carbocycles. The highest BCUT2D eigenvalue weighted by Crippen LogP contribution is 2.31. The van der Waals surface area contributed by atoms with Crippen molar-refractivity contribution in [1.82, 2.24) is 9.62 Å². The van der Waals surface area contributed by atoms with Crippen molar-refractivity contribution in [2.24, 2.45) is 0 Å². The van der Waals surface area contributed by atoms with Crippen LogP contribution in [-0.2, 0) is 21.2 Å². The van der Waals surface area contributed by atoms with Crippen molar-refractivity contribution in [3.8, 4) is 0 Å². The number of nitrogens with zero attached hydrogens (tertiary/aromatic N) is 2. The molecule has 0 saturated heterocycles. The Kier molecular flexibility index (Phi) is 6.95. The van der Waals surface area contributed by atoms with Gasteiger partial charge in [-0.3, -0.25) is 4.79 Å². The van der Waals surface area contributed by atoms with Crippen molar-refractivity contribution in [3.63, 3.8) is 0 Å². The Morgan fingerprint density at radius 1 is 1.13 bits per heavy atom. The van der Waals surface area contributed by atoms with Gasteiger partial charge >= 0.3 is 0 Å². The number of para-hydroxylation sites is 1. The summed E-state index contributed by atoms with van der Waals surface area (Å²) in [6.07, 6.45) is 0.875. The molecule has 1 aliphatic rings. The summed E-state index contributed by atoms with van der Waals surface area (Å²) in [7, 11) is -3.46. The zero-order chi connectivity index (χ0) is 21.9. The average Bonchev–Trinajstić information content (AvgIpc) is 3.08. The Morgan fingerprint density at radius 3 is 2.40 bits per heavy atom. The first-order valence-corrected chi connectivity index (χ1v) is 12.0. The van der Waals surface area contributed by atoms with Crippen molar-refractivity contribution < 1.29 is 13.2 Å². The molecule has 7 heteroatoms. The quantitative estimate of drug-likeness (QED) is 0.699. The fourth-order valence-corrected chi connectivity index (χ4v) is 5.49. The SMILES string of the molecule is CCN(CC)S(=O)(=O)c1ccc([C@H](C)NCC(=O)N2c3ccccc3C[C@@H]2C)cc1. The van der Waals surface area contributed by atoms with Crippen LogP contribution in [0, 0.1) is 0 Å². The first-order chi connectivity index (χ1) is 14.3. The van der Waals surface area contributed by atoms with Gasteiger partial charge in [0.15, 0.2) is 0 Å². The molecule has 30 heavy (non-hydrogen) atoms. The maximum Gasteiger partial charge on any atom is 0.243 e. The standard InChI is InChI=1S/C23H31N3O3S/c1-5-25(6-2)30(28,29)21-13-11-19(12-14-21)18(4)24-16-23(27)26-17(3)15-20-9-7-8-10-22(20)26/h7-14,17-18,24H,5-6,15-16H2,1-4H3/t17-,18-/m0/s1. The number of fused-ring (bicyclic) bond motifs is 1. The van der Waals surface area contributed by atoms with Crippen LogP contribution in [0.2, 0.25) is 0 Å². The molecule has 0 radical (unpaired) electrons. The second-order valence-corrected chi connectivity index (χ2v) is 9.64. The van der Waals surface area contributed by atoms with E-state index in [1.54, 1.807) is 12.1 Å². The lowest BCUT2D eigenvalue weighted by molar-refractivity contribution is -0.118. The number of rotatable bonds is 8. The van der Waals surface area contributed by atoms with Crippen molar-refractivity contribution in [2.75, 3.05) is 24.5 Å². The van der Waals surface area contributed by atoms with Crippen molar-refractivity contribution in [2.45, 2.75) is 51.1 Å². The van der Waals surface area contributed by atoms with E-state index in [2.05, 4.69) is 18.3 Å². The number of hydrogen-bond acceptors (Lipinski definition) is 4. The Bertz CT molecular complexity index is 985. The van der Waals surface area contributed by atoms with E-state index < -0.39 is 10.0 Å². The number of hydrogen-bond donors (Lipinski definition) is 1. The highest BCUT2D eigenvalue weighted by molar-refractivity contribution is 7.89. The highest BCUT2D eigenvalue weighted by atomic mass is 32.2. The van der Waals surface area contributed by atoms with Crippen molar-refractivity contribution >= 4 is 21.6 Å². The van der Waals surface area contributed by atoms with Crippen LogP contribution < -0.4 is 10.2 Å². The van der Waals surface area contributed by atoms with Crippen LogP contribution in [0.25, 0.3) is 0 Å². The molecule has 1 N–H and O–H groups in total. The van der Waals surface area contributed by atoms with Gasteiger partial charge < -0.3 is 10.2 Å². The minimum atomic E-state index is -3.46. The average molecular weight is 430 g/mol. The van der Waals surface area contributed by atoms with Crippen LogP contribution in [0.5, 0.6) is 0 Å². The molecular weight excluding hydrogens is 398 g/mol. The maximum atomic E-state index is 12.9. The molecule has 162 valence electrons. The van der Waals surface area contributed by atoms with Gasteiger partial charge in [0.2, 0.25) is 15.9 Å². The molecule has 0 unspecified atom stereocenters. The molecule has 0 bridgehead atoms. The van der Waals surface area contributed by atoms with Gasteiger partial charge in [-0.1, -0.05) is 44.2 Å². The summed E-state index contributed by atoms with van der Waals surface area (Å²) in [4.78, 5) is 15.0. The number of anilines is 1. The number of carbonyl (C=O) groups is 1. The van der Waals surface area contributed by atoms with Gasteiger partial charge in [0.25, 0.3) is 0 Å². The lowest BCUT2D eigenvalue weighted by Crippen LogP contribution is -2.42. The van der Waals surface area contributed by atoms with Crippen molar-refractivity contribution in [1.29, 1.82) is 0 Å². The Balaban J connectivity index is 1.64. The summed E-state index contributed by atoms with van der Waals surface area (Å²) in [6, 6.07) is 15.0. The smallest absolute Gasteiger partial charge is 0.243 e. The largest absolute Gasteiger partial charge is 0.308 e. The molecule has 1 heterocycles. The monoisotopic (exact) mass is 429 g/mol. The second-order valence-electron chi connectivity index (χ2n) is 7.71.